The highest BCUT2D eigenvalue weighted by Gasteiger charge is 2.31. The number of thioether (sulfide) groups is 1. The predicted molar refractivity (Wildman–Crippen MR) is 159 cm³/mol. The average molecular weight is 724 g/mol. The van der Waals surface area contributed by atoms with E-state index in [2.05, 4.69) is 36.8 Å². The van der Waals surface area contributed by atoms with E-state index in [4.69, 9.17) is 39.5 Å². The molecule has 0 aliphatic carbocycles. The monoisotopic (exact) mass is 721 g/mol. The highest BCUT2D eigenvalue weighted by molar-refractivity contribution is 9.10. The Morgan fingerprint density at radius 1 is 0.952 bits per heavy atom. The predicted octanol–water partition coefficient (Wildman–Crippen LogP) is 7.43. The fraction of sp³-hybridized carbons (Fsp3) is 0.154. The Morgan fingerprint density at radius 2 is 1.69 bits per heavy atom. The number of halogens is 7. The summed E-state index contributed by atoms with van der Waals surface area (Å²) in [5.41, 5.74) is -0.476. The molecule has 2 amide bonds. The van der Waals surface area contributed by atoms with Crippen molar-refractivity contribution >= 4 is 80.0 Å². The maximum absolute atomic E-state index is 13.1. The molecule has 2 N–H and O–H groups in total. The highest BCUT2D eigenvalue weighted by atomic mass is 79.9. The van der Waals surface area contributed by atoms with Crippen LogP contribution in [-0.2, 0) is 22.3 Å². The van der Waals surface area contributed by atoms with Crippen molar-refractivity contribution in [1.82, 2.24) is 20.1 Å². The van der Waals surface area contributed by atoms with Crippen molar-refractivity contribution in [2.75, 3.05) is 17.7 Å². The Bertz CT molecular complexity index is 1610. The summed E-state index contributed by atoms with van der Waals surface area (Å²) in [7, 11) is 0. The van der Waals surface area contributed by atoms with Crippen LogP contribution in [0.25, 0.3) is 5.69 Å². The lowest BCUT2D eigenvalue weighted by atomic mass is 10.2. The van der Waals surface area contributed by atoms with Gasteiger partial charge in [-0.2, -0.15) is 13.2 Å². The zero-order chi connectivity index (χ0) is 30.4. The summed E-state index contributed by atoms with van der Waals surface area (Å²) >= 11 is 22.3. The van der Waals surface area contributed by atoms with Crippen molar-refractivity contribution in [3.63, 3.8) is 0 Å². The lowest BCUT2D eigenvalue weighted by molar-refractivity contribution is -0.137. The fourth-order valence-corrected chi connectivity index (χ4v) is 5.10. The van der Waals surface area contributed by atoms with Crippen LogP contribution in [0.15, 0.2) is 70.3 Å². The number of nitrogens with one attached hydrogen (secondary N) is 2. The van der Waals surface area contributed by atoms with E-state index in [9.17, 15) is 22.8 Å². The van der Waals surface area contributed by atoms with Crippen molar-refractivity contribution in [2.24, 2.45) is 0 Å². The minimum atomic E-state index is -4.60. The molecule has 0 aliphatic rings. The highest BCUT2D eigenvalue weighted by Crippen LogP contribution is 2.34. The van der Waals surface area contributed by atoms with E-state index in [1.807, 2.05) is 0 Å². The Kier molecular flexibility index (Phi) is 10.7. The number of hydrogen-bond donors (Lipinski definition) is 2. The molecule has 0 saturated heterocycles. The SMILES string of the molecule is O=C(COc1ccc(Cl)cc1Cl)NCc1nnc(SCC(=O)Nc2cc(C(F)(F)F)ccc2Cl)n1-c1ccc(Br)cc1. The van der Waals surface area contributed by atoms with Crippen molar-refractivity contribution < 1.29 is 27.5 Å². The van der Waals surface area contributed by atoms with Gasteiger partial charge in [-0.25, -0.2) is 0 Å². The Hall–Kier alpha value is -2.97. The molecule has 0 atom stereocenters. The summed E-state index contributed by atoms with van der Waals surface area (Å²) in [5.74, 6) is -0.655. The summed E-state index contributed by atoms with van der Waals surface area (Å²) in [6.45, 7) is -0.361. The van der Waals surface area contributed by atoms with Gasteiger partial charge in [0.05, 0.1) is 33.6 Å². The Morgan fingerprint density at radius 3 is 2.38 bits per heavy atom. The molecule has 220 valence electrons. The largest absolute Gasteiger partial charge is 0.482 e. The number of anilines is 1. The lowest BCUT2D eigenvalue weighted by Gasteiger charge is -2.13. The molecule has 0 saturated carbocycles. The van der Waals surface area contributed by atoms with Gasteiger partial charge in [-0.05, 0) is 60.7 Å². The first-order valence-electron chi connectivity index (χ1n) is 11.7. The molecule has 0 radical (unpaired) electrons. The molecule has 0 aliphatic heterocycles. The van der Waals surface area contributed by atoms with E-state index in [1.165, 1.54) is 6.07 Å². The first-order valence-corrected chi connectivity index (χ1v) is 14.7. The number of hydrogen-bond acceptors (Lipinski definition) is 6. The lowest BCUT2D eigenvalue weighted by Crippen LogP contribution is -2.29. The summed E-state index contributed by atoms with van der Waals surface area (Å²) < 4.78 is 47.1. The van der Waals surface area contributed by atoms with E-state index >= 15 is 0 Å². The van der Waals surface area contributed by atoms with Crippen LogP contribution in [0.4, 0.5) is 18.9 Å². The zero-order valence-electron chi connectivity index (χ0n) is 21.0. The van der Waals surface area contributed by atoms with Crippen LogP contribution in [0, 0.1) is 0 Å². The quantitative estimate of drug-likeness (QED) is 0.165. The molecule has 42 heavy (non-hydrogen) atoms. The molecular formula is C26H18BrCl3F3N5O3S. The molecular weight excluding hydrogens is 706 g/mol. The number of nitrogens with zero attached hydrogens (tertiary/aromatic N) is 3. The molecule has 4 rings (SSSR count). The first kappa shape index (κ1) is 32.0. The smallest absolute Gasteiger partial charge is 0.416 e. The topological polar surface area (TPSA) is 98.1 Å². The molecule has 0 bridgehead atoms. The average Bonchev–Trinajstić information content (AvgIpc) is 3.34. The molecule has 1 aromatic heterocycles. The normalized spacial score (nSPS) is 11.3. The third kappa shape index (κ3) is 8.54. The number of amides is 2. The third-order valence-corrected chi connectivity index (χ3v) is 7.70. The van der Waals surface area contributed by atoms with Gasteiger partial charge in [0.2, 0.25) is 5.91 Å². The third-order valence-electron chi connectivity index (χ3n) is 5.38. The van der Waals surface area contributed by atoms with Crippen molar-refractivity contribution in [3.05, 3.63) is 91.6 Å². The summed E-state index contributed by atoms with van der Waals surface area (Å²) in [6, 6.07) is 14.4. The number of carbonyl (C=O) groups excluding carboxylic acids is 2. The molecule has 16 heteroatoms. The Labute approximate surface area is 265 Å². The van der Waals surface area contributed by atoms with Gasteiger partial charge in [-0.1, -0.05) is 62.5 Å². The van der Waals surface area contributed by atoms with Crippen LogP contribution in [0.1, 0.15) is 11.4 Å². The van der Waals surface area contributed by atoms with Crippen molar-refractivity contribution in [1.29, 1.82) is 0 Å². The van der Waals surface area contributed by atoms with Gasteiger partial charge in [0.15, 0.2) is 17.6 Å². The Balaban J connectivity index is 1.44. The van der Waals surface area contributed by atoms with E-state index in [-0.39, 0.29) is 40.4 Å². The molecule has 4 aromatic rings. The van der Waals surface area contributed by atoms with Crippen LogP contribution >= 0.6 is 62.5 Å². The zero-order valence-corrected chi connectivity index (χ0v) is 25.7. The van der Waals surface area contributed by atoms with Gasteiger partial charge in [0.1, 0.15) is 5.75 Å². The van der Waals surface area contributed by atoms with E-state index < -0.39 is 23.6 Å². The number of alkyl halides is 3. The van der Waals surface area contributed by atoms with Crippen LogP contribution in [0.2, 0.25) is 15.1 Å². The van der Waals surface area contributed by atoms with Crippen molar-refractivity contribution in [3.8, 4) is 11.4 Å². The van der Waals surface area contributed by atoms with Gasteiger partial charge in [0.25, 0.3) is 5.91 Å². The molecule has 0 unspecified atom stereocenters. The van der Waals surface area contributed by atoms with Crippen LogP contribution < -0.4 is 15.4 Å². The van der Waals surface area contributed by atoms with Crippen LogP contribution in [0.5, 0.6) is 5.75 Å². The van der Waals surface area contributed by atoms with Crippen molar-refractivity contribution in [2.45, 2.75) is 17.9 Å². The summed E-state index contributed by atoms with van der Waals surface area (Å²) in [5, 5.41) is 14.3. The second-order valence-corrected chi connectivity index (χ2v) is 11.5. The van der Waals surface area contributed by atoms with Gasteiger partial charge < -0.3 is 15.4 Å². The molecule has 0 spiro atoms. The first-order chi connectivity index (χ1) is 19.9. The van der Waals surface area contributed by atoms with E-state index in [1.54, 1.807) is 41.0 Å². The molecule has 1 heterocycles. The fourth-order valence-electron chi connectivity index (χ4n) is 3.44. The number of aromatic nitrogens is 3. The minimum absolute atomic E-state index is 0.0355. The standard InChI is InChI=1S/C26H18BrCl3F3N5O3S/c27-15-2-5-17(6-3-15)38-22(11-34-23(39)12-41-21-8-4-16(28)10-19(21)30)36-37-25(38)42-13-24(40)35-20-9-14(26(31,32)33)1-7-18(20)29/h1-10H,11-13H2,(H,34,39)(H,35,40). The van der Waals surface area contributed by atoms with Crippen LogP contribution in [0.3, 0.4) is 0 Å². The number of ether oxygens (including phenoxy) is 1. The molecule has 8 nitrogen and oxygen atoms in total. The molecule has 0 fully saturated rings. The number of rotatable bonds is 10. The summed E-state index contributed by atoms with van der Waals surface area (Å²) in [4.78, 5) is 25.1. The number of carbonyl (C=O) groups is 2. The van der Waals surface area contributed by atoms with Gasteiger partial charge in [0, 0.05) is 15.2 Å². The second-order valence-electron chi connectivity index (χ2n) is 8.38. The molecule has 3 aromatic carbocycles. The van der Waals surface area contributed by atoms with E-state index in [0.29, 0.717) is 21.7 Å². The maximum Gasteiger partial charge on any atom is 0.416 e. The van der Waals surface area contributed by atoms with Gasteiger partial charge >= 0.3 is 6.18 Å². The second kappa shape index (κ2) is 14.0. The maximum atomic E-state index is 13.1. The van der Waals surface area contributed by atoms with E-state index in [0.717, 1.165) is 34.4 Å². The number of benzene rings is 3. The summed E-state index contributed by atoms with van der Waals surface area (Å²) in [6.07, 6.45) is -4.60. The minimum Gasteiger partial charge on any atom is -0.482 e. The van der Waals surface area contributed by atoms with Gasteiger partial charge in [-0.3, -0.25) is 14.2 Å². The van der Waals surface area contributed by atoms with Crippen LogP contribution in [-0.4, -0.2) is 38.9 Å². The van der Waals surface area contributed by atoms with Gasteiger partial charge in [-0.15, -0.1) is 10.2 Å².